The van der Waals surface area contributed by atoms with E-state index in [0.29, 0.717) is 21.6 Å². The van der Waals surface area contributed by atoms with E-state index in [1.54, 1.807) is 42.5 Å². The number of nitrogens with zero attached hydrogens (tertiary/aromatic N) is 1. The van der Waals surface area contributed by atoms with Crippen LogP contribution in [0.15, 0.2) is 82.6 Å². The molecule has 0 atom stereocenters. The van der Waals surface area contributed by atoms with Crippen molar-refractivity contribution in [1.82, 2.24) is 0 Å². The third kappa shape index (κ3) is 5.62. The molecule has 0 aliphatic heterocycles. The molecule has 0 unspecified atom stereocenters. The predicted molar refractivity (Wildman–Crippen MR) is 121 cm³/mol. The minimum atomic E-state index is -0.572. The molecule has 0 saturated heterocycles. The summed E-state index contributed by atoms with van der Waals surface area (Å²) in [6.45, 7) is 5.99. The Balaban J connectivity index is 1.70. The quantitative estimate of drug-likeness (QED) is 0.353. The number of carbonyl (C=O) groups is 2. The van der Waals surface area contributed by atoms with Gasteiger partial charge in [-0.3, -0.25) is 4.79 Å². The van der Waals surface area contributed by atoms with Crippen LogP contribution in [-0.2, 0) is 10.2 Å². The fourth-order valence-electron chi connectivity index (χ4n) is 2.94. The second kappa shape index (κ2) is 9.63. The summed E-state index contributed by atoms with van der Waals surface area (Å²) < 4.78 is 5.31. The van der Waals surface area contributed by atoms with Gasteiger partial charge in [-0.05, 0) is 35.2 Å². The lowest BCUT2D eigenvalue weighted by Gasteiger charge is -2.19. The van der Waals surface area contributed by atoms with E-state index in [0.717, 1.165) is 10.5 Å². The van der Waals surface area contributed by atoms with Gasteiger partial charge in [-0.15, -0.1) is 0 Å². The monoisotopic (exact) mass is 429 g/mol. The molecule has 0 aromatic heterocycles. The maximum atomic E-state index is 12.7. The van der Waals surface area contributed by atoms with Crippen molar-refractivity contribution in [3.8, 4) is 6.07 Å². The molecule has 3 rings (SSSR count). The van der Waals surface area contributed by atoms with Crippen LogP contribution in [0.4, 0.5) is 0 Å². The van der Waals surface area contributed by atoms with Gasteiger partial charge in [0.1, 0.15) is 6.07 Å². The molecule has 156 valence electrons. The van der Waals surface area contributed by atoms with Crippen molar-refractivity contribution in [2.45, 2.75) is 36.0 Å². The highest BCUT2D eigenvalue weighted by Gasteiger charge is 2.18. The Morgan fingerprint density at radius 1 is 0.903 bits per heavy atom. The van der Waals surface area contributed by atoms with Gasteiger partial charge in [0.25, 0.3) is 0 Å². The standard InChI is InChI=1S/C26H23NO3S/c1-26(2,3)20-14-12-18(13-15-20)22(28)17-30-25(29)21-9-5-7-11-24(21)31-23-10-6-4-8-19(23)16-27/h4-15H,17H2,1-3H3. The second-order valence-corrected chi connectivity index (χ2v) is 9.12. The number of benzene rings is 3. The van der Waals surface area contributed by atoms with Crippen LogP contribution >= 0.6 is 11.8 Å². The van der Waals surface area contributed by atoms with Crippen LogP contribution in [0.2, 0.25) is 0 Å². The van der Waals surface area contributed by atoms with Gasteiger partial charge >= 0.3 is 5.97 Å². The van der Waals surface area contributed by atoms with Crippen LogP contribution in [0.25, 0.3) is 0 Å². The zero-order valence-electron chi connectivity index (χ0n) is 17.7. The highest BCUT2D eigenvalue weighted by atomic mass is 32.2. The van der Waals surface area contributed by atoms with Crippen molar-refractivity contribution in [2.24, 2.45) is 0 Å². The molecule has 3 aromatic carbocycles. The first-order valence-electron chi connectivity index (χ1n) is 9.86. The van der Waals surface area contributed by atoms with Gasteiger partial charge in [0.05, 0.1) is 11.1 Å². The number of ketones is 1. The van der Waals surface area contributed by atoms with Gasteiger partial charge in [0.2, 0.25) is 0 Å². The Labute approximate surface area is 186 Å². The van der Waals surface area contributed by atoms with Gasteiger partial charge < -0.3 is 4.74 Å². The molecule has 0 bridgehead atoms. The fraction of sp³-hybridized carbons (Fsp3) is 0.192. The first-order valence-corrected chi connectivity index (χ1v) is 10.7. The Bertz CT molecular complexity index is 1140. The van der Waals surface area contributed by atoms with Crippen LogP contribution in [0.3, 0.4) is 0 Å². The van der Waals surface area contributed by atoms with E-state index in [1.165, 1.54) is 11.8 Å². The first-order chi connectivity index (χ1) is 14.8. The smallest absolute Gasteiger partial charge is 0.339 e. The van der Waals surface area contributed by atoms with Gasteiger partial charge in [0, 0.05) is 15.4 Å². The largest absolute Gasteiger partial charge is 0.454 e. The molecule has 0 amide bonds. The molecule has 0 N–H and O–H groups in total. The van der Waals surface area contributed by atoms with Crippen molar-refractivity contribution in [2.75, 3.05) is 6.61 Å². The summed E-state index contributed by atoms with van der Waals surface area (Å²) in [4.78, 5) is 26.6. The topological polar surface area (TPSA) is 67.2 Å². The van der Waals surface area contributed by atoms with Crippen LogP contribution in [-0.4, -0.2) is 18.4 Å². The van der Waals surface area contributed by atoms with Crippen LogP contribution in [0, 0.1) is 11.3 Å². The molecule has 0 aliphatic rings. The van der Waals surface area contributed by atoms with E-state index in [9.17, 15) is 14.9 Å². The molecular formula is C26H23NO3S. The summed E-state index contributed by atoms with van der Waals surface area (Å²) in [5, 5.41) is 9.30. The molecular weight excluding hydrogens is 406 g/mol. The fourth-order valence-corrected chi connectivity index (χ4v) is 3.95. The molecule has 0 saturated carbocycles. The normalized spacial score (nSPS) is 10.9. The SMILES string of the molecule is CC(C)(C)c1ccc(C(=O)COC(=O)c2ccccc2Sc2ccccc2C#N)cc1. The summed E-state index contributed by atoms with van der Waals surface area (Å²) in [6, 6.07) is 23.7. The molecule has 0 spiro atoms. The predicted octanol–water partition coefficient (Wildman–Crippen LogP) is 6.05. The Morgan fingerprint density at radius 2 is 1.52 bits per heavy atom. The zero-order chi connectivity index (χ0) is 22.4. The zero-order valence-corrected chi connectivity index (χ0v) is 18.5. The van der Waals surface area contributed by atoms with E-state index in [1.807, 2.05) is 30.3 Å². The third-order valence-electron chi connectivity index (χ3n) is 4.74. The Hall–Kier alpha value is -3.36. The highest BCUT2D eigenvalue weighted by molar-refractivity contribution is 7.99. The summed E-state index contributed by atoms with van der Waals surface area (Å²) in [7, 11) is 0. The molecule has 0 aliphatic carbocycles. The molecule has 0 fully saturated rings. The lowest BCUT2D eigenvalue weighted by molar-refractivity contribution is 0.0471. The molecule has 0 radical (unpaired) electrons. The third-order valence-corrected chi connectivity index (χ3v) is 5.89. The number of hydrogen-bond acceptors (Lipinski definition) is 5. The average Bonchev–Trinajstić information content (AvgIpc) is 2.77. The molecule has 0 heterocycles. The van der Waals surface area contributed by atoms with Crippen molar-refractivity contribution in [3.05, 3.63) is 95.1 Å². The van der Waals surface area contributed by atoms with E-state index < -0.39 is 5.97 Å². The minimum Gasteiger partial charge on any atom is -0.454 e. The average molecular weight is 430 g/mol. The second-order valence-electron chi connectivity index (χ2n) is 8.03. The van der Waals surface area contributed by atoms with E-state index >= 15 is 0 Å². The van der Waals surface area contributed by atoms with E-state index in [2.05, 4.69) is 26.8 Å². The van der Waals surface area contributed by atoms with Crippen molar-refractivity contribution >= 4 is 23.5 Å². The summed E-state index contributed by atoms with van der Waals surface area (Å²) in [5.74, 6) is -0.828. The number of carbonyl (C=O) groups excluding carboxylic acids is 2. The van der Waals surface area contributed by atoms with Crippen molar-refractivity contribution in [1.29, 1.82) is 5.26 Å². The number of rotatable bonds is 6. The number of nitriles is 1. The Kier molecular flexibility index (Phi) is 6.94. The van der Waals surface area contributed by atoms with Crippen LogP contribution < -0.4 is 0 Å². The van der Waals surface area contributed by atoms with Gasteiger partial charge in [0.15, 0.2) is 12.4 Å². The highest BCUT2D eigenvalue weighted by Crippen LogP contribution is 2.33. The number of esters is 1. The first kappa shape index (κ1) is 22.3. The van der Waals surface area contributed by atoms with Crippen molar-refractivity contribution in [3.63, 3.8) is 0 Å². The van der Waals surface area contributed by atoms with Gasteiger partial charge in [-0.1, -0.05) is 81.1 Å². The lowest BCUT2D eigenvalue weighted by Crippen LogP contribution is -2.16. The molecule has 4 nitrogen and oxygen atoms in total. The maximum Gasteiger partial charge on any atom is 0.339 e. The molecule has 3 aromatic rings. The summed E-state index contributed by atoms with van der Waals surface area (Å²) >= 11 is 1.32. The number of ether oxygens (including phenoxy) is 1. The lowest BCUT2D eigenvalue weighted by atomic mass is 9.86. The van der Waals surface area contributed by atoms with E-state index in [-0.39, 0.29) is 17.8 Å². The van der Waals surface area contributed by atoms with Crippen LogP contribution in [0.5, 0.6) is 0 Å². The molecule has 5 heteroatoms. The summed E-state index contributed by atoms with van der Waals surface area (Å²) in [5.41, 5.74) is 2.52. The number of hydrogen-bond donors (Lipinski definition) is 0. The Morgan fingerprint density at radius 3 is 2.16 bits per heavy atom. The van der Waals surface area contributed by atoms with Gasteiger partial charge in [-0.2, -0.15) is 5.26 Å². The molecule has 31 heavy (non-hydrogen) atoms. The van der Waals surface area contributed by atoms with E-state index in [4.69, 9.17) is 4.74 Å². The maximum absolute atomic E-state index is 12.7. The van der Waals surface area contributed by atoms with Gasteiger partial charge in [-0.25, -0.2) is 4.79 Å². The van der Waals surface area contributed by atoms with Crippen molar-refractivity contribution < 1.29 is 14.3 Å². The number of Topliss-reactive ketones (excluding diaryl/α,β-unsaturated/α-hetero) is 1. The van der Waals surface area contributed by atoms with Crippen LogP contribution in [0.1, 0.15) is 52.6 Å². The summed E-state index contributed by atoms with van der Waals surface area (Å²) in [6.07, 6.45) is 0. The minimum absolute atomic E-state index is 0.000412.